The summed E-state index contributed by atoms with van der Waals surface area (Å²) < 4.78 is 30.9. The number of halogens is 2. The van der Waals surface area contributed by atoms with Gasteiger partial charge < -0.3 is 19.6 Å². The van der Waals surface area contributed by atoms with Crippen LogP contribution in [0.1, 0.15) is 86.8 Å². The Bertz CT molecular complexity index is 1490. The Morgan fingerprint density at radius 2 is 1.77 bits per heavy atom. The van der Waals surface area contributed by atoms with Gasteiger partial charge in [0.05, 0.1) is 30.6 Å². The van der Waals surface area contributed by atoms with E-state index in [1.165, 1.54) is 6.07 Å². The lowest BCUT2D eigenvalue weighted by atomic mass is 9.92. The van der Waals surface area contributed by atoms with E-state index in [1.54, 1.807) is 23.1 Å². The van der Waals surface area contributed by atoms with Gasteiger partial charge in [-0.3, -0.25) is 14.1 Å². The summed E-state index contributed by atoms with van der Waals surface area (Å²) in [6.45, 7) is 7.50. The first-order valence-corrected chi connectivity index (χ1v) is 16.0. The van der Waals surface area contributed by atoms with E-state index in [-0.39, 0.29) is 29.6 Å². The van der Waals surface area contributed by atoms with Crippen LogP contribution in [-0.2, 0) is 13.0 Å². The van der Waals surface area contributed by atoms with Gasteiger partial charge in [-0.15, -0.1) is 0 Å². The number of hydrogen-bond acceptors (Lipinski definition) is 7. The van der Waals surface area contributed by atoms with Crippen molar-refractivity contribution < 1.29 is 23.4 Å². The average Bonchev–Trinajstić information content (AvgIpc) is 3.41. The molecule has 1 unspecified atom stereocenters. The first-order valence-electron chi connectivity index (χ1n) is 16.0. The Hall–Kier alpha value is -3.53. The van der Waals surface area contributed by atoms with Gasteiger partial charge in [0.2, 0.25) is 0 Å². The summed E-state index contributed by atoms with van der Waals surface area (Å²) >= 11 is 0. The van der Waals surface area contributed by atoms with Crippen LogP contribution in [-0.4, -0.2) is 71.9 Å². The number of anilines is 2. The summed E-state index contributed by atoms with van der Waals surface area (Å²) in [7, 11) is 2.67. The number of phenols is 1. The van der Waals surface area contributed by atoms with E-state index in [2.05, 4.69) is 23.8 Å². The third kappa shape index (κ3) is 5.93. The third-order valence-corrected chi connectivity index (χ3v) is 9.52. The molecule has 8 nitrogen and oxygen atoms in total. The number of fused-ring (bicyclic) bond motifs is 2. The Morgan fingerprint density at radius 1 is 1.02 bits per heavy atom. The highest BCUT2D eigenvalue weighted by atomic mass is 19.1. The molecule has 3 aliphatic heterocycles. The van der Waals surface area contributed by atoms with Crippen LogP contribution >= 0.6 is 0 Å². The zero-order valence-electron chi connectivity index (χ0n) is 26.5. The second-order valence-corrected chi connectivity index (χ2v) is 12.2. The summed E-state index contributed by atoms with van der Waals surface area (Å²) in [4.78, 5) is 30.2. The summed E-state index contributed by atoms with van der Waals surface area (Å²) in [5.74, 6) is 0.103. The highest BCUT2D eigenvalue weighted by Gasteiger charge is 2.40. The van der Waals surface area contributed by atoms with E-state index in [1.807, 2.05) is 6.92 Å². The van der Waals surface area contributed by atoms with Crippen LogP contribution in [0.15, 0.2) is 24.3 Å². The van der Waals surface area contributed by atoms with Crippen LogP contribution in [0.25, 0.3) is 10.8 Å². The van der Waals surface area contributed by atoms with Gasteiger partial charge in [0.15, 0.2) is 0 Å². The maximum absolute atomic E-state index is 15.0. The monoisotopic (exact) mass is 609 g/mol. The molecule has 238 valence electrons. The quantitative estimate of drug-likeness (QED) is 0.301. The average molecular weight is 610 g/mol. The zero-order valence-corrected chi connectivity index (χ0v) is 26.5. The van der Waals surface area contributed by atoms with Crippen molar-refractivity contribution in [1.82, 2.24) is 14.9 Å². The lowest BCUT2D eigenvalue weighted by Crippen LogP contribution is -2.46. The number of likely N-dealkylation sites (tertiary alicyclic amines) is 1. The fourth-order valence-corrected chi connectivity index (χ4v) is 7.28. The highest BCUT2D eigenvalue weighted by Crippen LogP contribution is 2.41. The van der Waals surface area contributed by atoms with Crippen LogP contribution < -0.4 is 14.5 Å². The van der Waals surface area contributed by atoms with Crippen LogP contribution in [0.5, 0.6) is 11.8 Å². The summed E-state index contributed by atoms with van der Waals surface area (Å²) in [5.41, 5.74) is 2.07. The van der Waals surface area contributed by atoms with Crippen molar-refractivity contribution in [2.24, 2.45) is 0 Å². The van der Waals surface area contributed by atoms with Gasteiger partial charge in [-0.2, -0.15) is 9.97 Å². The first-order chi connectivity index (χ1) is 21.3. The second kappa shape index (κ2) is 13.6. The molecular weight excluding hydrogens is 564 g/mol. The van der Waals surface area contributed by atoms with Crippen molar-refractivity contribution in [2.75, 3.05) is 50.3 Å². The number of hydrogen-bond donors (Lipinski definition) is 1. The molecule has 3 aliphatic rings. The molecule has 10 heteroatoms. The SMILES string of the molecule is CCCC1(COc2nc3c(c(N4CCCCCC4)n2)C(=O)N(c2cc(O)cc4ccc(F)c(CC)c24)C3)CCCN1C.CF. The molecule has 0 saturated carbocycles. The molecular formula is C34H45F2N5O3. The fraction of sp³-hybridized carbons (Fsp3) is 0.559. The summed E-state index contributed by atoms with van der Waals surface area (Å²) in [5, 5.41) is 11.9. The number of alkyl halides is 1. The molecule has 3 aromatic rings. The molecule has 6 rings (SSSR count). The number of rotatable bonds is 8. The van der Waals surface area contributed by atoms with E-state index < -0.39 is 0 Å². The Morgan fingerprint density at radius 3 is 2.43 bits per heavy atom. The van der Waals surface area contributed by atoms with E-state index in [4.69, 9.17) is 14.7 Å². The molecule has 0 spiro atoms. The third-order valence-electron chi connectivity index (χ3n) is 9.52. The molecule has 4 heterocycles. The predicted octanol–water partition coefficient (Wildman–Crippen LogP) is 6.81. The van der Waals surface area contributed by atoms with Crippen molar-refractivity contribution in [2.45, 2.75) is 83.7 Å². The normalized spacial score (nSPS) is 20.5. The van der Waals surface area contributed by atoms with Crippen molar-refractivity contribution in [3.05, 3.63) is 46.9 Å². The number of aromatic nitrogens is 2. The number of aryl methyl sites for hydroxylation is 1. The van der Waals surface area contributed by atoms with Crippen LogP contribution in [0.3, 0.4) is 0 Å². The molecule has 1 atom stereocenters. The topological polar surface area (TPSA) is 82.0 Å². The minimum Gasteiger partial charge on any atom is -0.508 e. The molecule has 44 heavy (non-hydrogen) atoms. The van der Waals surface area contributed by atoms with Gasteiger partial charge in [-0.1, -0.05) is 39.2 Å². The standard InChI is InChI=1S/C33H42FN5O3.CH3F/c1-4-13-33(14-10-15-37(33)3)21-42-32-35-26-20-39(31(41)29(26)30(36-32)38-16-8-6-7-9-17-38)27-19-23(40)18-22-11-12-25(34)24(5-2)28(22)27;1-2/h11-12,18-19,40H,4-10,13-17,20-21H2,1-3H3;1H3. The minimum absolute atomic E-state index is 0.0275. The molecule has 0 aliphatic carbocycles. The van der Waals surface area contributed by atoms with E-state index >= 15 is 0 Å². The molecule has 2 saturated heterocycles. The van der Waals surface area contributed by atoms with E-state index in [0.29, 0.717) is 65.3 Å². The van der Waals surface area contributed by atoms with Crippen LogP contribution in [0, 0.1) is 5.82 Å². The van der Waals surface area contributed by atoms with Crippen LogP contribution in [0.2, 0.25) is 0 Å². The summed E-state index contributed by atoms with van der Waals surface area (Å²) in [6, 6.07) is 6.56. The number of carbonyl (C=O) groups is 1. The van der Waals surface area contributed by atoms with Gasteiger partial charge >= 0.3 is 6.01 Å². The number of likely N-dealkylation sites (N-methyl/N-ethyl adjacent to an activating group) is 1. The van der Waals surface area contributed by atoms with E-state index in [9.17, 15) is 18.7 Å². The lowest BCUT2D eigenvalue weighted by molar-refractivity contribution is 0.0824. The van der Waals surface area contributed by atoms with Gasteiger partial charge in [0.25, 0.3) is 5.91 Å². The highest BCUT2D eigenvalue weighted by molar-refractivity contribution is 6.16. The van der Waals surface area contributed by atoms with Crippen molar-refractivity contribution in [3.63, 3.8) is 0 Å². The summed E-state index contributed by atoms with van der Waals surface area (Å²) in [6.07, 6.45) is 9.17. The van der Waals surface area contributed by atoms with Gasteiger partial charge in [0, 0.05) is 24.5 Å². The van der Waals surface area contributed by atoms with Crippen LogP contribution in [0.4, 0.5) is 20.3 Å². The molecule has 0 bridgehead atoms. The Labute approximate surface area is 259 Å². The van der Waals surface area contributed by atoms with E-state index in [0.717, 1.165) is 71.0 Å². The number of carbonyl (C=O) groups excluding carboxylic acids is 1. The minimum atomic E-state index is -0.320. The number of benzene rings is 2. The van der Waals surface area contributed by atoms with Crippen molar-refractivity contribution in [3.8, 4) is 11.8 Å². The predicted molar refractivity (Wildman–Crippen MR) is 170 cm³/mol. The molecule has 1 aromatic heterocycles. The smallest absolute Gasteiger partial charge is 0.318 e. The molecule has 1 N–H and O–H groups in total. The number of nitrogens with zero attached hydrogens (tertiary/aromatic N) is 5. The molecule has 2 aromatic carbocycles. The maximum Gasteiger partial charge on any atom is 0.318 e. The van der Waals surface area contributed by atoms with Crippen molar-refractivity contribution in [1.29, 1.82) is 0 Å². The maximum atomic E-state index is 15.0. The van der Waals surface area contributed by atoms with Gasteiger partial charge in [-0.05, 0) is 75.2 Å². The molecule has 2 fully saturated rings. The number of phenolic OH excluding ortho intramolecular Hbond substituents is 1. The zero-order chi connectivity index (χ0) is 31.4. The van der Waals surface area contributed by atoms with Gasteiger partial charge in [-0.25, -0.2) is 4.39 Å². The number of aromatic hydroxyl groups is 1. The fourth-order valence-electron chi connectivity index (χ4n) is 7.28. The molecule has 1 amide bonds. The first kappa shape index (κ1) is 31.9. The van der Waals surface area contributed by atoms with Gasteiger partial charge in [0.1, 0.15) is 29.6 Å². The lowest BCUT2D eigenvalue weighted by Gasteiger charge is -2.35. The largest absolute Gasteiger partial charge is 0.508 e. The molecule has 0 radical (unpaired) electrons. The number of ether oxygens (including phenoxy) is 1. The Kier molecular flexibility index (Phi) is 9.87. The van der Waals surface area contributed by atoms with Crippen molar-refractivity contribution >= 4 is 28.2 Å². The number of amides is 1. The Balaban J connectivity index is 0.00000188. The second-order valence-electron chi connectivity index (χ2n) is 12.2.